The second-order valence-electron chi connectivity index (χ2n) is 4.08. The SMILES string of the molecule is O=[N+]([O-])C1(CO)C=CC(c2ccccc2)=CC1. The lowest BCUT2D eigenvalue weighted by molar-refractivity contribution is -0.557. The minimum Gasteiger partial charge on any atom is -0.389 e. The highest BCUT2D eigenvalue weighted by atomic mass is 16.6. The Morgan fingerprint density at radius 1 is 1.35 bits per heavy atom. The highest BCUT2D eigenvalue weighted by Gasteiger charge is 2.39. The zero-order valence-corrected chi connectivity index (χ0v) is 9.24. The van der Waals surface area contributed by atoms with Crippen molar-refractivity contribution < 1.29 is 10.0 Å². The Labute approximate surface area is 99.0 Å². The van der Waals surface area contributed by atoms with Gasteiger partial charge in [-0.15, -0.1) is 0 Å². The van der Waals surface area contributed by atoms with Gasteiger partial charge in [-0.2, -0.15) is 0 Å². The van der Waals surface area contributed by atoms with Gasteiger partial charge in [-0.1, -0.05) is 42.5 Å². The summed E-state index contributed by atoms with van der Waals surface area (Å²) >= 11 is 0. The summed E-state index contributed by atoms with van der Waals surface area (Å²) in [6, 6.07) is 9.67. The number of nitrogens with zero attached hydrogens (tertiary/aromatic N) is 1. The summed E-state index contributed by atoms with van der Waals surface area (Å²) in [5.74, 6) is 0. The van der Waals surface area contributed by atoms with E-state index in [2.05, 4.69) is 0 Å². The molecule has 1 aromatic rings. The molecule has 0 bridgehead atoms. The van der Waals surface area contributed by atoms with E-state index in [0.717, 1.165) is 11.1 Å². The Kier molecular flexibility index (Phi) is 3.06. The molecule has 88 valence electrons. The second kappa shape index (κ2) is 4.51. The maximum absolute atomic E-state index is 10.9. The summed E-state index contributed by atoms with van der Waals surface area (Å²) in [4.78, 5) is 10.5. The average molecular weight is 231 g/mol. The molecule has 1 atom stereocenters. The van der Waals surface area contributed by atoms with Crippen LogP contribution in [-0.2, 0) is 0 Å². The van der Waals surface area contributed by atoms with E-state index in [1.807, 2.05) is 30.3 Å². The molecule has 1 aliphatic rings. The number of aliphatic hydroxyl groups is 1. The molecule has 0 fully saturated rings. The van der Waals surface area contributed by atoms with Crippen molar-refractivity contribution in [2.45, 2.75) is 12.0 Å². The molecular weight excluding hydrogens is 218 g/mol. The van der Waals surface area contributed by atoms with Crippen LogP contribution in [0.2, 0.25) is 0 Å². The molecule has 1 aromatic carbocycles. The van der Waals surface area contributed by atoms with Gasteiger partial charge < -0.3 is 5.11 Å². The lowest BCUT2D eigenvalue weighted by atomic mass is 9.88. The molecule has 0 aromatic heterocycles. The normalized spacial score (nSPS) is 23.2. The van der Waals surface area contributed by atoms with Crippen LogP contribution < -0.4 is 0 Å². The first kappa shape index (κ1) is 11.5. The van der Waals surface area contributed by atoms with E-state index in [-0.39, 0.29) is 6.42 Å². The largest absolute Gasteiger partial charge is 0.389 e. The standard InChI is InChI=1S/C13H13NO3/c15-10-13(14(16)17)8-6-12(7-9-13)11-4-2-1-3-5-11/h1-8,15H,9-10H2. The number of benzene rings is 1. The van der Waals surface area contributed by atoms with Gasteiger partial charge in [0.15, 0.2) is 0 Å². The van der Waals surface area contributed by atoms with E-state index < -0.39 is 17.1 Å². The second-order valence-corrected chi connectivity index (χ2v) is 4.08. The van der Waals surface area contributed by atoms with E-state index in [1.54, 1.807) is 12.2 Å². The molecule has 0 heterocycles. The van der Waals surface area contributed by atoms with E-state index in [4.69, 9.17) is 5.11 Å². The molecule has 1 unspecified atom stereocenters. The van der Waals surface area contributed by atoms with Crippen LogP contribution in [0.15, 0.2) is 48.6 Å². The summed E-state index contributed by atoms with van der Waals surface area (Å²) in [5, 5.41) is 20.1. The summed E-state index contributed by atoms with van der Waals surface area (Å²) in [6.07, 6.45) is 5.21. The predicted molar refractivity (Wildman–Crippen MR) is 65.0 cm³/mol. The van der Waals surface area contributed by atoms with Crippen molar-refractivity contribution in [2.24, 2.45) is 0 Å². The quantitative estimate of drug-likeness (QED) is 0.639. The van der Waals surface area contributed by atoms with Crippen LogP contribution in [0.25, 0.3) is 5.57 Å². The van der Waals surface area contributed by atoms with Crippen LogP contribution in [0.4, 0.5) is 0 Å². The third-order valence-corrected chi connectivity index (χ3v) is 2.99. The zero-order chi connectivity index (χ0) is 12.3. The van der Waals surface area contributed by atoms with E-state index in [1.165, 1.54) is 6.08 Å². The summed E-state index contributed by atoms with van der Waals surface area (Å²) in [6.45, 7) is -0.477. The third kappa shape index (κ3) is 2.12. The maximum Gasteiger partial charge on any atom is 0.266 e. The van der Waals surface area contributed by atoms with Crippen molar-refractivity contribution in [3.63, 3.8) is 0 Å². The van der Waals surface area contributed by atoms with Crippen molar-refractivity contribution in [1.29, 1.82) is 0 Å². The fraction of sp³-hybridized carbons (Fsp3) is 0.231. The molecule has 1 aliphatic carbocycles. The molecule has 0 spiro atoms. The van der Waals surface area contributed by atoms with Gasteiger partial charge in [0.25, 0.3) is 5.54 Å². The molecule has 0 aliphatic heterocycles. The van der Waals surface area contributed by atoms with Crippen molar-refractivity contribution in [1.82, 2.24) is 0 Å². The molecule has 0 saturated heterocycles. The van der Waals surface area contributed by atoms with Crippen molar-refractivity contribution in [2.75, 3.05) is 6.61 Å². The van der Waals surface area contributed by atoms with Gasteiger partial charge in [0.05, 0.1) is 0 Å². The molecular formula is C13H13NO3. The summed E-state index contributed by atoms with van der Waals surface area (Å²) in [5.41, 5.74) is 0.633. The first-order valence-electron chi connectivity index (χ1n) is 5.38. The van der Waals surface area contributed by atoms with Gasteiger partial charge in [-0.25, -0.2) is 0 Å². The summed E-state index contributed by atoms with van der Waals surface area (Å²) in [7, 11) is 0. The minimum atomic E-state index is -1.35. The lowest BCUT2D eigenvalue weighted by Crippen LogP contribution is -2.40. The zero-order valence-electron chi connectivity index (χ0n) is 9.24. The van der Waals surface area contributed by atoms with Crippen molar-refractivity contribution in [3.05, 3.63) is 64.2 Å². The van der Waals surface area contributed by atoms with E-state index in [9.17, 15) is 10.1 Å². The number of aliphatic hydroxyl groups excluding tert-OH is 1. The van der Waals surface area contributed by atoms with Crippen LogP contribution in [0.1, 0.15) is 12.0 Å². The predicted octanol–water partition coefficient (Wildman–Crippen LogP) is 2.04. The van der Waals surface area contributed by atoms with E-state index in [0.29, 0.717) is 0 Å². The van der Waals surface area contributed by atoms with Gasteiger partial charge in [-0.3, -0.25) is 10.1 Å². The molecule has 1 N–H and O–H groups in total. The molecule has 17 heavy (non-hydrogen) atoms. The van der Waals surface area contributed by atoms with Gasteiger partial charge in [0.1, 0.15) is 6.61 Å². The number of hydrogen-bond donors (Lipinski definition) is 1. The van der Waals surface area contributed by atoms with Crippen LogP contribution in [0, 0.1) is 10.1 Å². The number of rotatable bonds is 3. The topological polar surface area (TPSA) is 63.4 Å². The average Bonchev–Trinajstić information content (AvgIpc) is 2.39. The fourth-order valence-electron chi connectivity index (χ4n) is 1.82. The first-order chi connectivity index (χ1) is 8.18. The number of hydrogen-bond acceptors (Lipinski definition) is 3. The highest BCUT2D eigenvalue weighted by molar-refractivity contribution is 5.75. The Hall–Kier alpha value is -1.94. The molecule has 2 rings (SSSR count). The minimum absolute atomic E-state index is 0.219. The molecule has 0 saturated carbocycles. The van der Waals surface area contributed by atoms with Gasteiger partial charge in [0, 0.05) is 11.3 Å². The Balaban J connectivity index is 2.25. The Morgan fingerprint density at radius 3 is 2.53 bits per heavy atom. The van der Waals surface area contributed by atoms with Crippen LogP contribution in [-0.4, -0.2) is 22.2 Å². The third-order valence-electron chi connectivity index (χ3n) is 2.99. The molecule has 0 radical (unpaired) electrons. The fourth-order valence-corrected chi connectivity index (χ4v) is 1.82. The highest BCUT2D eigenvalue weighted by Crippen LogP contribution is 2.28. The maximum atomic E-state index is 10.9. The molecule has 0 amide bonds. The van der Waals surface area contributed by atoms with Gasteiger partial charge >= 0.3 is 0 Å². The van der Waals surface area contributed by atoms with Gasteiger partial charge in [-0.05, 0) is 17.2 Å². The number of nitro groups is 1. The lowest BCUT2D eigenvalue weighted by Gasteiger charge is -2.21. The molecule has 4 nitrogen and oxygen atoms in total. The first-order valence-corrected chi connectivity index (χ1v) is 5.38. The van der Waals surface area contributed by atoms with Gasteiger partial charge in [0.2, 0.25) is 0 Å². The van der Waals surface area contributed by atoms with Crippen LogP contribution in [0.5, 0.6) is 0 Å². The monoisotopic (exact) mass is 231 g/mol. The van der Waals surface area contributed by atoms with E-state index >= 15 is 0 Å². The Morgan fingerprint density at radius 2 is 2.06 bits per heavy atom. The smallest absolute Gasteiger partial charge is 0.266 e. The van der Waals surface area contributed by atoms with Crippen molar-refractivity contribution in [3.8, 4) is 0 Å². The summed E-state index contributed by atoms with van der Waals surface area (Å²) < 4.78 is 0. The number of allylic oxidation sites excluding steroid dienone is 2. The molecule has 4 heteroatoms. The Bertz CT molecular complexity index is 479. The van der Waals surface area contributed by atoms with Crippen LogP contribution in [0.3, 0.4) is 0 Å². The van der Waals surface area contributed by atoms with Crippen molar-refractivity contribution >= 4 is 5.57 Å². The van der Waals surface area contributed by atoms with Crippen LogP contribution >= 0.6 is 0 Å².